The number of hydrogen-bond donors (Lipinski definition) is 2. The van der Waals surface area contributed by atoms with E-state index in [1.54, 1.807) is 0 Å². The Morgan fingerprint density at radius 1 is 1.31 bits per heavy atom. The van der Waals surface area contributed by atoms with Gasteiger partial charge in [-0.15, -0.1) is 11.3 Å². The number of nitrogens with one attached hydrogen (secondary N) is 1. The van der Waals surface area contributed by atoms with Gasteiger partial charge in [0.2, 0.25) is 0 Å². The lowest BCUT2D eigenvalue weighted by molar-refractivity contribution is -0.233. The summed E-state index contributed by atoms with van der Waals surface area (Å²) >= 11 is 0.820. The Hall–Kier alpha value is -1.57. The molecule has 0 bridgehead atoms. The Balaban J connectivity index is 1.92. The molecule has 0 saturated carbocycles. The van der Waals surface area contributed by atoms with E-state index in [0.29, 0.717) is 22.6 Å². The van der Waals surface area contributed by atoms with Crippen LogP contribution in [0.1, 0.15) is 44.9 Å². The van der Waals surface area contributed by atoms with E-state index < -0.39 is 29.1 Å². The molecule has 1 atom stereocenters. The van der Waals surface area contributed by atoms with Gasteiger partial charge in [0, 0.05) is 6.42 Å². The van der Waals surface area contributed by atoms with Gasteiger partial charge >= 0.3 is 28.4 Å². The van der Waals surface area contributed by atoms with Crippen molar-refractivity contribution >= 4 is 45.2 Å². The van der Waals surface area contributed by atoms with Gasteiger partial charge in [-0.25, -0.2) is 0 Å². The predicted octanol–water partition coefficient (Wildman–Crippen LogP) is 1.46. The lowest BCUT2D eigenvalue weighted by Gasteiger charge is -2.25. The van der Waals surface area contributed by atoms with Gasteiger partial charge in [-0.3, -0.25) is 9.59 Å². The first kappa shape index (κ1) is 19.2. The van der Waals surface area contributed by atoms with E-state index in [4.69, 9.17) is 9.94 Å². The van der Waals surface area contributed by atoms with Crippen LogP contribution in [0, 0.1) is 0 Å². The third kappa shape index (κ3) is 3.48. The fraction of sp³-hybridized carbons (Fsp3) is 0.533. The molecule has 0 aromatic carbocycles. The van der Waals surface area contributed by atoms with E-state index in [1.165, 1.54) is 0 Å². The number of fused-ring (bicyclic) bond motifs is 1. The Kier molecular flexibility index (Phi) is 5.07. The summed E-state index contributed by atoms with van der Waals surface area (Å²) in [5.74, 6) is -1.68. The summed E-state index contributed by atoms with van der Waals surface area (Å²) in [6, 6.07) is 0. The third-order valence-electron chi connectivity index (χ3n) is 4.55. The second-order valence-corrected chi connectivity index (χ2v) is 9.17. The van der Waals surface area contributed by atoms with Crippen molar-refractivity contribution in [1.82, 2.24) is 5.32 Å². The highest BCUT2D eigenvalue weighted by Gasteiger charge is 2.56. The number of oxime groups is 1. The number of halogens is 3. The van der Waals surface area contributed by atoms with Gasteiger partial charge < -0.3 is 15.3 Å². The second-order valence-electron chi connectivity index (χ2n) is 6.54. The zero-order valence-electron chi connectivity index (χ0n) is 13.9. The number of amides is 1. The van der Waals surface area contributed by atoms with E-state index in [2.05, 4.69) is 10.5 Å². The first-order valence-corrected chi connectivity index (χ1v) is 9.91. The Morgan fingerprint density at radius 2 is 1.96 bits per heavy atom. The number of carbonyl (C=O) groups excluding carboxylic acids is 1. The fourth-order valence-electron chi connectivity index (χ4n) is 3.10. The van der Waals surface area contributed by atoms with Gasteiger partial charge in [0.15, 0.2) is 4.46 Å². The number of alkyl halides is 3. The molecule has 1 unspecified atom stereocenters. The minimum absolute atomic E-state index is 0.220. The Morgan fingerprint density at radius 3 is 2.54 bits per heavy atom. The maximum absolute atomic E-state index is 13.2. The molecule has 2 aliphatic rings. The average Bonchev–Trinajstić information content (AvgIpc) is 3.14. The molecule has 11 heteroatoms. The van der Waals surface area contributed by atoms with Crippen LogP contribution in [0.25, 0.3) is 0 Å². The van der Waals surface area contributed by atoms with E-state index in [9.17, 15) is 22.8 Å². The van der Waals surface area contributed by atoms with Gasteiger partial charge in [-0.1, -0.05) is 5.16 Å². The van der Waals surface area contributed by atoms with Crippen molar-refractivity contribution in [2.45, 2.75) is 42.7 Å². The highest BCUT2D eigenvalue weighted by Crippen LogP contribution is 2.42. The molecule has 140 valence electrons. The van der Waals surface area contributed by atoms with E-state index in [-0.39, 0.29) is 28.4 Å². The number of nitrogens with zero attached hydrogens (tertiary/aromatic N) is 1. The number of rotatable bonds is 4. The molecule has 2 heterocycles. The maximum Gasteiger partial charge on any atom is 0.415 e. The smallest absolute Gasteiger partial charge is 0.415 e. The summed E-state index contributed by atoms with van der Waals surface area (Å²) in [6.07, 6.45) is -1.80. The molecule has 0 spiro atoms. The van der Waals surface area contributed by atoms with Crippen molar-refractivity contribution in [3.8, 4) is 0 Å². The Bertz CT molecular complexity index is 793. The summed E-state index contributed by atoms with van der Waals surface area (Å²) in [7, 11) is 0. The van der Waals surface area contributed by atoms with Crippen LogP contribution in [-0.2, 0) is 22.5 Å². The summed E-state index contributed by atoms with van der Waals surface area (Å²) in [5, 5.41) is 14.7. The topological polar surface area (TPSA) is 88.0 Å². The number of hydrogen-bond acceptors (Lipinski definition) is 5. The van der Waals surface area contributed by atoms with Crippen LogP contribution < -0.4 is 5.32 Å². The van der Waals surface area contributed by atoms with E-state index in [0.717, 1.165) is 35.3 Å². The molecule has 1 amide bonds. The van der Waals surface area contributed by atoms with Crippen LogP contribution in [0.4, 0.5) is 13.2 Å². The van der Waals surface area contributed by atoms with E-state index in [1.807, 2.05) is 0 Å². The molecule has 1 aliphatic carbocycles. The molecular formula is C15H16AlF3N2O4S. The molecule has 1 aromatic rings. The maximum atomic E-state index is 13.2. The van der Waals surface area contributed by atoms with Crippen LogP contribution in [0.15, 0.2) is 5.16 Å². The summed E-state index contributed by atoms with van der Waals surface area (Å²) in [4.78, 5) is 28.7. The first-order chi connectivity index (χ1) is 12.1. The van der Waals surface area contributed by atoms with Crippen LogP contribution in [0.3, 0.4) is 0 Å². The quantitative estimate of drug-likeness (QED) is 0.744. The summed E-state index contributed by atoms with van der Waals surface area (Å²) < 4.78 is 37.4. The summed E-state index contributed by atoms with van der Waals surface area (Å²) in [5.41, 5.74) is 1.86. The van der Waals surface area contributed by atoms with Gasteiger partial charge in [0.1, 0.15) is 12.3 Å². The van der Waals surface area contributed by atoms with Crippen LogP contribution in [0.2, 0.25) is 0 Å². The van der Waals surface area contributed by atoms with Crippen LogP contribution >= 0.6 is 11.3 Å². The van der Waals surface area contributed by atoms with Crippen molar-refractivity contribution in [3.63, 3.8) is 0 Å². The van der Waals surface area contributed by atoms with Crippen molar-refractivity contribution in [2.75, 3.05) is 6.54 Å². The van der Waals surface area contributed by atoms with Gasteiger partial charge in [-0.2, -0.15) is 13.2 Å². The number of carbonyl (C=O) groups is 2. The van der Waals surface area contributed by atoms with Crippen molar-refractivity contribution in [1.29, 1.82) is 0 Å². The molecule has 1 aromatic heterocycles. The molecule has 2 N–H and O–H groups in total. The number of carboxylic acids is 1. The minimum atomic E-state index is -4.50. The molecule has 1 aliphatic heterocycles. The zero-order valence-corrected chi connectivity index (χ0v) is 16.7. The van der Waals surface area contributed by atoms with Gasteiger partial charge in [0.05, 0.1) is 9.75 Å². The summed E-state index contributed by atoms with van der Waals surface area (Å²) in [6.45, 7) is -0.511. The lowest BCUT2D eigenvalue weighted by atomic mass is 9.90. The van der Waals surface area contributed by atoms with Crippen molar-refractivity contribution in [3.05, 3.63) is 20.9 Å². The molecular weight excluding hydrogens is 388 g/mol. The van der Waals surface area contributed by atoms with Crippen LogP contribution in [-0.4, -0.2) is 56.2 Å². The second kappa shape index (κ2) is 6.87. The molecule has 0 fully saturated rings. The fourth-order valence-corrected chi connectivity index (χ4v) is 4.82. The molecule has 0 saturated heterocycles. The average molecular weight is 404 g/mol. The van der Waals surface area contributed by atoms with Gasteiger partial charge in [-0.05, 0) is 36.8 Å². The zero-order chi connectivity index (χ0) is 19.1. The molecule has 26 heavy (non-hydrogen) atoms. The molecule has 3 rings (SSSR count). The number of thiophene rings is 1. The number of aliphatic carboxylic acids is 1. The van der Waals surface area contributed by atoms with Crippen LogP contribution in [0.5, 0.6) is 0 Å². The highest BCUT2D eigenvalue weighted by molar-refractivity contribution is 7.16. The largest absolute Gasteiger partial charge is 0.480 e. The molecule has 0 radical (unpaired) electrons. The Labute approximate surface area is 158 Å². The number of carboxylic acid groups (broad SMARTS) is 1. The standard InChI is InChI=1S/C15H14F3N2O4S.Al.2H/c16-15(17,18)10-5-9(20-24-10)12-7-3-1-2-4-8(7)13(25-12)14(23)19-6-11(21)22;;;/h1-6H2,(H,19,23)(H,21,22);;;. The highest BCUT2D eigenvalue weighted by atomic mass is 32.1. The minimum Gasteiger partial charge on any atom is -0.480 e. The molecule has 6 nitrogen and oxygen atoms in total. The monoisotopic (exact) mass is 404 g/mol. The lowest BCUT2D eigenvalue weighted by Crippen LogP contribution is -2.45. The predicted molar refractivity (Wildman–Crippen MR) is 90.5 cm³/mol. The normalized spacial score (nSPS) is 22.3. The van der Waals surface area contributed by atoms with Gasteiger partial charge in [0.25, 0.3) is 5.91 Å². The van der Waals surface area contributed by atoms with E-state index >= 15 is 0 Å². The van der Waals surface area contributed by atoms with Crippen molar-refractivity contribution in [2.24, 2.45) is 5.16 Å². The SMILES string of the molecule is O=C(O)CNC(=O)c1sc(C2=NO[C]([AlH2])(C(F)(F)F)C2)c2c1CCCC2. The first-order valence-electron chi connectivity index (χ1n) is 8.09. The van der Waals surface area contributed by atoms with Crippen molar-refractivity contribution < 1.29 is 32.7 Å². The third-order valence-corrected chi connectivity index (χ3v) is 6.98.